The first-order valence-corrected chi connectivity index (χ1v) is 10.5. The summed E-state index contributed by atoms with van der Waals surface area (Å²) >= 11 is 1.24. The van der Waals surface area contributed by atoms with Crippen molar-refractivity contribution in [1.82, 2.24) is 25.6 Å². The van der Waals surface area contributed by atoms with Crippen LogP contribution in [0.2, 0.25) is 0 Å². The largest absolute Gasteiger partial charge is 0.497 e. The van der Waals surface area contributed by atoms with Crippen molar-refractivity contribution >= 4 is 23.6 Å². The van der Waals surface area contributed by atoms with E-state index in [2.05, 4.69) is 21.0 Å². The van der Waals surface area contributed by atoms with E-state index in [1.807, 2.05) is 35.8 Å². The summed E-state index contributed by atoms with van der Waals surface area (Å²) in [4.78, 5) is 24.3. The van der Waals surface area contributed by atoms with Crippen LogP contribution in [-0.2, 0) is 11.3 Å². The van der Waals surface area contributed by atoms with Crippen LogP contribution in [0.15, 0.2) is 53.7 Å². The van der Waals surface area contributed by atoms with E-state index < -0.39 is 5.91 Å². The van der Waals surface area contributed by atoms with Crippen LogP contribution in [0.5, 0.6) is 11.5 Å². The van der Waals surface area contributed by atoms with Crippen LogP contribution in [0.1, 0.15) is 17.3 Å². The molecule has 0 fully saturated rings. The highest BCUT2D eigenvalue weighted by Gasteiger charge is 2.15. The van der Waals surface area contributed by atoms with Crippen molar-refractivity contribution in [3.8, 4) is 22.9 Å². The number of amides is 2. The number of carbonyl (C=O) groups is 2. The van der Waals surface area contributed by atoms with Gasteiger partial charge in [-0.3, -0.25) is 20.4 Å². The second kappa shape index (κ2) is 10.5. The molecule has 1 heterocycles. The van der Waals surface area contributed by atoms with E-state index in [1.54, 1.807) is 38.5 Å². The second-order valence-corrected chi connectivity index (χ2v) is 7.24. The van der Waals surface area contributed by atoms with Gasteiger partial charge in [0.2, 0.25) is 5.91 Å². The highest BCUT2D eigenvalue weighted by atomic mass is 32.2. The fraction of sp³-hybridized carbons (Fsp3) is 0.238. The Balaban J connectivity index is 1.55. The van der Waals surface area contributed by atoms with Crippen LogP contribution < -0.4 is 20.3 Å². The Kier molecular flexibility index (Phi) is 7.50. The topological polar surface area (TPSA) is 107 Å². The van der Waals surface area contributed by atoms with E-state index in [-0.39, 0.29) is 11.7 Å². The highest BCUT2D eigenvalue weighted by molar-refractivity contribution is 7.99. The number of aromatic nitrogens is 3. The number of ether oxygens (including phenoxy) is 2. The van der Waals surface area contributed by atoms with Gasteiger partial charge in [0.1, 0.15) is 11.5 Å². The zero-order valence-corrected chi connectivity index (χ0v) is 18.2. The summed E-state index contributed by atoms with van der Waals surface area (Å²) < 4.78 is 12.2. The lowest BCUT2D eigenvalue weighted by Gasteiger charge is -2.09. The monoisotopic (exact) mass is 441 g/mol. The molecule has 2 aromatic carbocycles. The maximum Gasteiger partial charge on any atom is 0.269 e. The first-order chi connectivity index (χ1) is 15.0. The normalized spacial score (nSPS) is 10.4. The SMILES string of the molecule is CCn1c(SCC(=O)NNC(=O)c2ccc(OC)cc2)nnc1-c1ccc(OC)cc1. The minimum Gasteiger partial charge on any atom is -0.497 e. The number of nitrogens with zero attached hydrogens (tertiary/aromatic N) is 3. The summed E-state index contributed by atoms with van der Waals surface area (Å²) in [7, 11) is 3.16. The van der Waals surface area contributed by atoms with Crippen molar-refractivity contribution in [2.45, 2.75) is 18.6 Å². The number of nitrogens with one attached hydrogen (secondary N) is 2. The number of hydrazine groups is 1. The van der Waals surface area contributed by atoms with Crippen molar-refractivity contribution in [1.29, 1.82) is 0 Å². The van der Waals surface area contributed by atoms with Crippen molar-refractivity contribution in [2.24, 2.45) is 0 Å². The minimum absolute atomic E-state index is 0.0731. The third kappa shape index (κ3) is 5.54. The molecule has 2 N–H and O–H groups in total. The summed E-state index contributed by atoms with van der Waals surface area (Å²) in [6.07, 6.45) is 0. The van der Waals surface area contributed by atoms with E-state index in [0.717, 1.165) is 11.3 Å². The second-order valence-electron chi connectivity index (χ2n) is 6.30. The molecular weight excluding hydrogens is 418 g/mol. The van der Waals surface area contributed by atoms with Gasteiger partial charge in [0, 0.05) is 17.7 Å². The Morgan fingerprint density at radius 3 is 2.13 bits per heavy atom. The van der Waals surface area contributed by atoms with E-state index in [4.69, 9.17) is 9.47 Å². The average molecular weight is 442 g/mol. The van der Waals surface area contributed by atoms with Gasteiger partial charge in [0.25, 0.3) is 5.91 Å². The van der Waals surface area contributed by atoms with Crippen LogP contribution >= 0.6 is 11.8 Å². The van der Waals surface area contributed by atoms with Crippen LogP contribution in [0.3, 0.4) is 0 Å². The number of hydrogen-bond donors (Lipinski definition) is 2. The molecule has 2 amide bonds. The lowest BCUT2D eigenvalue weighted by atomic mass is 10.2. The van der Waals surface area contributed by atoms with Crippen LogP contribution in [0.4, 0.5) is 0 Å². The third-order valence-corrected chi connectivity index (χ3v) is 5.35. The molecule has 0 saturated heterocycles. The summed E-state index contributed by atoms with van der Waals surface area (Å²) in [5.41, 5.74) is 6.11. The summed E-state index contributed by atoms with van der Waals surface area (Å²) in [6, 6.07) is 14.1. The Hall–Kier alpha value is -3.53. The van der Waals surface area contributed by atoms with Gasteiger partial charge >= 0.3 is 0 Å². The first-order valence-electron chi connectivity index (χ1n) is 9.49. The molecule has 1 aromatic heterocycles. The number of hydrogen-bond acceptors (Lipinski definition) is 7. The average Bonchev–Trinajstić information content (AvgIpc) is 3.24. The lowest BCUT2D eigenvalue weighted by molar-refractivity contribution is -0.119. The van der Waals surface area contributed by atoms with Crippen LogP contribution in [-0.4, -0.2) is 46.6 Å². The van der Waals surface area contributed by atoms with Gasteiger partial charge in [-0.15, -0.1) is 10.2 Å². The zero-order valence-electron chi connectivity index (χ0n) is 17.4. The number of methoxy groups -OCH3 is 2. The van der Waals surface area contributed by atoms with E-state index in [0.29, 0.717) is 28.8 Å². The first kappa shape index (κ1) is 22.2. The molecular formula is C21H23N5O4S. The fourth-order valence-corrected chi connectivity index (χ4v) is 3.54. The predicted octanol–water partition coefficient (Wildman–Crippen LogP) is 2.54. The predicted molar refractivity (Wildman–Crippen MR) is 117 cm³/mol. The smallest absolute Gasteiger partial charge is 0.269 e. The molecule has 0 aliphatic rings. The van der Waals surface area contributed by atoms with Crippen molar-refractivity contribution in [2.75, 3.05) is 20.0 Å². The lowest BCUT2D eigenvalue weighted by Crippen LogP contribution is -2.42. The van der Waals surface area contributed by atoms with E-state index >= 15 is 0 Å². The Bertz CT molecular complexity index is 1030. The molecule has 9 nitrogen and oxygen atoms in total. The highest BCUT2D eigenvalue weighted by Crippen LogP contribution is 2.25. The Morgan fingerprint density at radius 1 is 0.935 bits per heavy atom. The molecule has 3 rings (SSSR count). The van der Waals surface area contributed by atoms with Crippen molar-refractivity contribution in [3.63, 3.8) is 0 Å². The van der Waals surface area contributed by atoms with Crippen LogP contribution in [0.25, 0.3) is 11.4 Å². The van der Waals surface area contributed by atoms with E-state index in [9.17, 15) is 9.59 Å². The summed E-state index contributed by atoms with van der Waals surface area (Å²) in [5.74, 6) is 1.41. The maximum atomic E-state index is 12.2. The number of benzene rings is 2. The summed E-state index contributed by atoms with van der Waals surface area (Å²) in [5, 5.41) is 9.08. The minimum atomic E-state index is -0.417. The number of thioether (sulfide) groups is 1. The standard InChI is InChI=1S/C21H23N5O4S/c1-4-26-19(14-5-9-16(29-2)10-6-14)23-25-21(26)31-13-18(27)22-24-20(28)15-7-11-17(30-3)12-8-15/h5-12H,4,13H2,1-3H3,(H,22,27)(H,24,28). The van der Waals surface area contributed by atoms with Gasteiger partial charge in [-0.1, -0.05) is 11.8 Å². The Labute approximate surface area is 184 Å². The molecule has 0 aliphatic carbocycles. The molecule has 0 radical (unpaired) electrons. The molecule has 162 valence electrons. The molecule has 0 aliphatic heterocycles. The number of rotatable bonds is 8. The molecule has 3 aromatic rings. The van der Waals surface area contributed by atoms with Gasteiger partial charge in [-0.05, 0) is 55.5 Å². The molecule has 10 heteroatoms. The zero-order chi connectivity index (χ0) is 22.2. The molecule has 0 atom stereocenters. The molecule has 31 heavy (non-hydrogen) atoms. The maximum absolute atomic E-state index is 12.2. The molecule has 0 unspecified atom stereocenters. The van der Waals surface area contributed by atoms with Gasteiger partial charge < -0.3 is 14.0 Å². The van der Waals surface area contributed by atoms with Gasteiger partial charge in [-0.25, -0.2) is 0 Å². The van der Waals surface area contributed by atoms with Crippen LogP contribution in [0, 0.1) is 0 Å². The molecule has 0 saturated carbocycles. The number of carbonyl (C=O) groups excluding carboxylic acids is 2. The third-order valence-electron chi connectivity index (χ3n) is 4.38. The quantitative estimate of drug-likeness (QED) is 0.409. The van der Waals surface area contributed by atoms with Gasteiger partial charge in [-0.2, -0.15) is 0 Å². The van der Waals surface area contributed by atoms with Crippen molar-refractivity contribution < 1.29 is 19.1 Å². The van der Waals surface area contributed by atoms with Gasteiger partial charge in [0.05, 0.1) is 20.0 Å². The van der Waals surface area contributed by atoms with E-state index in [1.165, 1.54) is 11.8 Å². The van der Waals surface area contributed by atoms with Crippen molar-refractivity contribution in [3.05, 3.63) is 54.1 Å². The Morgan fingerprint density at radius 2 is 1.55 bits per heavy atom. The fourth-order valence-electron chi connectivity index (χ4n) is 2.74. The summed E-state index contributed by atoms with van der Waals surface area (Å²) in [6.45, 7) is 2.63. The molecule has 0 bridgehead atoms. The molecule has 0 spiro atoms. The van der Waals surface area contributed by atoms with Gasteiger partial charge in [0.15, 0.2) is 11.0 Å².